The van der Waals surface area contributed by atoms with Gasteiger partial charge in [0.05, 0.1) is 0 Å². The molecule has 2 N–H and O–H groups in total. The average Bonchev–Trinajstić information content (AvgIpc) is 2.29. The van der Waals surface area contributed by atoms with Crippen molar-refractivity contribution in [3.8, 4) is 0 Å². The molecule has 1 aromatic rings. The third kappa shape index (κ3) is 2.99. The van der Waals surface area contributed by atoms with Gasteiger partial charge in [-0.25, -0.2) is 4.98 Å². The minimum absolute atomic E-state index is 0.402. The van der Waals surface area contributed by atoms with Gasteiger partial charge in [0.25, 0.3) is 0 Å². The molecule has 0 radical (unpaired) electrons. The predicted octanol–water partition coefficient (Wildman–Crippen LogP) is 2.86. The third-order valence-corrected chi connectivity index (χ3v) is 4.07. The quantitative estimate of drug-likeness (QED) is 0.913. The Kier molecular flexibility index (Phi) is 4.05. The lowest BCUT2D eigenvalue weighted by molar-refractivity contribution is 0.383. The molecule has 0 spiro atoms. The van der Waals surface area contributed by atoms with Crippen LogP contribution in [-0.2, 0) is 0 Å². The van der Waals surface area contributed by atoms with Gasteiger partial charge in [-0.2, -0.15) is 0 Å². The molecular formula is C13H20BrN3. The number of aromatic nitrogens is 1. The maximum atomic E-state index is 5.95. The average molecular weight is 298 g/mol. The van der Waals surface area contributed by atoms with Crippen LogP contribution >= 0.6 is 15.9 Å². The zero-order valence-corrected chi connectivity index (χ0v) is 12.1. The van der Waals surface area contributed by atoms with E-state index in [0.29, 0.717) is 12.1 Å². The Hall–Kier alpha value is -0.610. The van der Waals surface area contributed by atoms with E-state index in [2.05, 4.69) is 45.9 Å². The van der Waals surface area contributed by atoms with E-state index >= 15 is 0 Å². The van der Waals surface area contributed by atoms with Gasteiger partial charge in [0.2, 0.25) is 0 Å². The van der Waals surface area contributed by atoms with Crippen molar-refractivity contribution in [3.63, 3.8) is 0 Å². The van der Waals surface area contributed by atoms with Crippen molar-refractivity contribution in [2.45, 2.75) is 44.7 Å². The van der Waals surface area contributed by atoms with Crippen molar-refractivity contribution in [2.24, 2.45) is 5.73 Å². The van der Waals surface area contributed by atoms with E-state index in [1.165, 1.54) is 18.4 Å². The number of anilines is 1. The van der Waals surface area contributed by atoms with Gasteiger partial charge >= 0.3 is 0 Å². The Morgan fingerprint density at radius 2 is 2.00 bits per heavy atom. The molecule has 1 aromatic heterocycles. The van der Waals surface area contributed by atoms with E-state index in [0.717, 1.165) is 23.1 Å². The Labute approximate surface area is 112 Å². The highest BCUT2D eigenvalue weighted by molar-refractivity contribution is 9.10. The minimum atomic E-state index is 0.402. The van der Waals surface area contributed by atoms with Gasteiger partial charge < -0.3 is 10.6 Å². The maximum Gasteiger partial charge on any atom is 0.131 e. The van der Waals surface area contributed by atoms with Crippen molar-refractivity contribution >= 4 is 21.7 Å². The van der Waals surface area contributed by atoms with Crippen molar-refractivity contribution in [1.82, 2.24) is 4.98 Å². The standard InChI is InChI=1S/C13H20BrN3/c1-9-7-10(14)8-16-13(9)17(2)12-5-3-11(15)4-6-12/h7-8,11-12H,3-6,15H2,1-2H3. The van der Waals surface area contributed by atoms with Crippen LogP contribution < -0.4 is 10.6 Å². The number of pyridine rings is 1. The molecule has 0 saturated heterocycles. The summed E-state index contributed by atoms with van der Waals surface area (Å²) < 4.78 is 1.04. The van der Waals surface area contributed by atoms with E-state index in [1.807, 2.05) is 6.20 Å². The lowest BCUT2D eigenvalue weighted by Gasteiger charge is -2.34. The summed E-state index contributed by atoms with van der Waals surface area (Å²) in [5, 5.41) is 0. The number of hydrogen-bond acceptors (Lipinski definition) is 3. The highest BCUT2D eigenvalue weighted by Crippen LogP contribution is 2.27. The number of nitrogens with two attached hydrogens (primary N) is 1. The van der Waals surface area contributed by atoms with E-state index in [-0.39, 0.29) is 0 Å². The van der Waals surface area contributed by atoms with Crippen LogP contribution in [0.3, 0.4) is 0 Å². The highest BCUT2D eigenvalue weighted by atomic mass is 79.9. The summed E-state index contributed by atoms with van der Waals surface area (Å²) in [6, 6.07) is 3.11. The van der Waals surface area contributed by atoms with Crippen LogP contribution in [0.15, 0.2) is 16.7 Å². The van der Waals surface area contributed by atoms with Crippen LogP contribution in [-0.4, -0.2) is 24.1 Å². The van der Waals surface area contributed by atoms with Crippen molar-refractivity contribution in [3.05, 3.63) is 22.3 Å². The Balaban J connectivity index is 2.11. The first-order chi connectivity index (χ1) is 8.08. The molecule has 0 aromatic carbocycles. The molecule has 4 heteroatoms. The largest absolute Gasteiger partial charge is 0.356 e. The molecular weight excluding hydrogens is 278 g/mol. The van der Waals surface area contributed by atoms with Gasteiger partial charge in [0.15, 0.2) is 0 Å². The van der Waals surface area contributed by atoms with Crippen LogP contribution in [0.5, 0.6) is 0 Å². The van der Waals surface area contributed by atoms with Crippen LogP contribution in [0.25, 0.3) is 0 Å². The molecule has 17 heavy (non-hydrogen) atoms. The molecule has 2 rings (SSSR count). The molecule has 1 saturated carbocycles. The summed E-state index contributed by atoms with van der Waals surface area (Å²) in [6.45, 7) is 2.11. The zero-order valence-electron chi connectivity index (χ0n) is 10.5. The van der Waals surface area contributed by atoms with Gasteiger partial charge in [-0.05, 0) is 60.2 Å². The number of hydrogen-bond donors (Lipinski definition) is 1. The Morgan fingerprint density at radius 1 is 1.35 bits per heavy atom. The zero-order chi connectivity index (χ0) is 12.4. The van der Waals surface area contributed by atoms with Crippen LogP contribution in [0.1, 0.15) is 31.2 Å². The van der Waals surface area contributed by atoms with Crippen LogP contribution in [0.4, 0.5) is 5.82 Å². The Morgan fingerprint density at radius 3 is 2.59 bits per heavy atom. The van der Waals surface area contributed by atoms with Gasteiger partial charge in [-0.15, -0.1) is 0 Å². The second kappa shape index (κ2) is 5.36. The van der Waals surface area contributed by atoms with E-state index in [9.17, 15) is 0 Å². The van der Waals surface area contributed by atoms with Crippen LogP contribution in [0.2, 0.25) is 0 Å². The number of halogens is 1. The van der Waals surface area contributed by atoms with Gasteiger partial charge in [-0.1, -0.05) is 0 Å². The molecule has 0 aliphatic heterocycles. The lowest BCUT2D eigenvalue weighted by atomic mass is 9.91. The summed E-state index contributed by atoms with van der Waals surface area (Å²) in [5.74, 6) is 1.09. The van der Waals surface area contributed by atoms with E-state index in [1.54, 1.807) is 0 Å². The summed E-state index contributed by atoms with van der Waals surface area (Å²) in [7, 11) is 2.14. The minimum Gasteiger partial charge on any atom is -0.356 e. The molecule has 1 aliphatic carbocycles. The first kappa shape index (κ1) is 12.8. The fourth-order valence-corrected chi connectivity index (χ4v) is 3.01. The van der Waals surface area contributed by atoms with Crippen molar-refractivity contribution < 1.29 is 0 Å². The first-order valence-electron chi connectivity index (χ1n) is 6.18. The SMILES string of the molecule is Cc1cc(Br)cnc1N(C)C1CCC(N)CC1. The maximum absolute atomic E-state index is 5.95. The fourth-order valence-electron chi connectivity index (χ4n) is 2.56. The molecule has 1 heterocycles. The molecule has 0 unspecified atom stereocenters. The van der Waals surface area contributed by atoms with Crippen molar-refractivity contribution in [1.29, 1.82) is 0 Å². The molecule has 3 nitrogen and oxygen atoms in total. The smallest absolute Gasteiger partial charge is 0.131 e. The van der Waals surface area contributed by atoms with E-state index in [4.69, 9.17) is 5.73 Å². The number of rotatable bonds is 2. The molecule has 0 atom stereocenters. The van der Waals surface area contributed by atoms with Crippen LogP contribution in [0, 0.1) is 6.92 Å². The monoisotopic (exact) mass is 297 g/mol. The summed E-state index contributed by atoms with van der Waals surface area (Å²) in [4.78, 5) is 6.83. The summed E-state index contributed by atoms with van der Waals surface area (Å²) >= 11 is 3.45. The number of nitrogens with zero attached hydrogens (tertiary/aromatic N) is 2. The molecule has 1 aliphatic rings. The highest BCUT2D eigenvalue weighted by Gasteiger charge is 2.23. The molecule has 1 fully saturated rings. The second-order valence-electron chi connectivity index (χ2n) is 4.97. The molecule has 0 amide bonds. The predicted molar refractivity (Wildman–Crippen MR) is 75.3 cm³/mol. The summed E-state index contributed by atoms with van der Waals surface area (Å²) in [5.41, 5.74) is 7.16. The third-order valence-electron chi connectivity index (χ3n) is 3.64. The van der Waals surface area contributed by atoms with Crippen molar-refractivity contribution in [2.75, 3.05) is 11.9 Å². The van der Waals surface area contributed by atoms with E-state index < -0.39 is 0 Å². The lowest BCUT2D eigenvalue weighted by Crippen LogP contribution is -2.39. The van der Waals surface area contributed by atoms with Gasteiger partial charge in [0.1, 0.15) is 5.82 Å². The Bertz CT molecular complexity index is 386. The first-order valence-corrected chi connectivity index (χ1v) is 6.98. The normalized spacial score (nSPS) is 24.7. The fraction of sp³-hybridized carbons (Fsp3) is 0.615. The molecule has 94 valence electrons. The van der Waals surface area contributed by atoms with Gasteiger partial charge in [-0.3, -0.25) is 0 Å². The second-order valence-corrected chi connectivity index (χ2v) is 5.89. The van der Waals surface area contributed by atoms with Gasteiger partial charge in [0, 0.05) is 29.8 Å². The molecule has 0 bridgehead atoms. The summed E-state index contributed by atoms with van der Waals surface area (Å²) in [6.07, 6.45) is 6.48. The topological polar surface area (TPSA) is 42.2 Å². The number of aryl methyl sites for hydroxylation is 1.